The fourth-order valence-corrected chi connectivity index (χ4v) is 3.79. The number of nitrogens with two attached hydrogens (primary N) is 1. The van der Waals surface area contributed by atoms with E-state index < -0.39 is 21.9 Å². The van der Waals surface area contributed by atoms with Crippen molar-refractivity contribution < 1.29 is 17.5 Å². The van der Waals surface area contributed by atoms with Crippen LogP contribution < -0.4 is 5.73 Å². The van der Waals surface area contributed by atoms with Gasteiger partial charge in [-0.15, -0.1) is 0 Å². The van der Waals surface area contributed by atoms with Gasteiger partial charge >= 0.3 is 0 Å². The number of ether oxygens (including phenoxy) is 1. The zero-order valence-corrected chi connectivity index (χ0v) is 13.0. The smallest absolute Gasteiger partial charge is 0.243 e. The average Bonchev–Trinajstić information content (AvgIpc) is 2.26. The van der Waals surface area contributed by atoms with E-state index in [2.05, 4.69) is 0 Å². The van der Waals surface area contributed by atoms with Crippen molar-refractivity contribution in [1.82, 2.24) is 4.31 Å². The first-order valence-corrected chi connectivity index (χ1v) is 7.61. The summed E-state index contributed by atoms with van der Waals surface area (Å²) in [6.45, 7) is 3.55. The number of benzene rings is 1. The molecular weight excluding hydrogens is 283 g/mol. The Labute approximate surface area is 119 Å². The molecule has 20 heavy (non-hydrogen) atoms. The lowest BCUT2D eigenvalue weighted by atomic mass is 10.1. The Morgan fingerprint density at radius 1 is 1.35 bits per heavy atom. The molecule has 1 rings (SSSR count). The highest BCUT2D eigenvalue weighted by molar-refractivity contribution is 7.89. The summed E-state index contributed by atoms with van der Waals surface area (Å²) in [4.78, 5) is 0.131. The number of methoxy groups -OCH3 is 1. The molecule has 0 aliphatic carbocycles. The summed E-state index contributed by atoms with van der Waals surface area (Å²) in [7, 11) is -0.745. The standard InChI is InChI=1S/C13H21FN2O3S/c1-9-5-11(14)6-10(2)13(9)20(17,18)16(3)7-12(15)8-19-4/h5-6,12H,7-8,15H2,1-4H3. The molecule has 1 atom stereocenters. The molecule has 1 aromatic rings. The van der Waals surface area contributed by atoms with Crippen LogP contribution in [0.3, 0.4) is 0 Å². The van der Waals surface area contributed by atoms with Crippen LogP contribution in [0, 0.1) is 19.7 Å². The van der Waals surface area contributed by atoms with Crippen LogP contribution in [0.2, 0.25) is 0 Å². The predicted molar refractivity (Wildman–Crippen MR) is 75.5 cm³/mol. The Bertz CT molecular complexity index is 552. The van der Waals surface area contributed by atoms with Crippen LogP contribution in [0.25, 0.3) is 0 Å². The minimum Gasteiger partial charge on any atom is -0.383 e. The van der Waals surface area contributed by atoms with Crippen molar-refractivity contribution in [3.05, 3.63) is 29.1 Å². The number of aryl methyl sites for hydroxylation is 2. The molecule has 7 heteroatoms. The maximum absolute atomic E-state index is 13.3. The largest absolute Gasteiger partial charge is 0.383 e. The second-order valence-corrected chi connectivity index (χ2v) is 6.85. The van der Waals surface area contributed by atoms with Crippen LogP contribution in [0.15, 0.2) is 17.0 Å². The van der Waals surface area contributed by atoms with E-state index in [4.69, 9.17) is 10.5 Å². The van der Waals surface area contributed by atoms with Gasteiger partial charge in [-0.3, -0.25) is 0 Å². The Hall–Kier alpha value is -1.02. The number of hydrogen-bond donors (Lipinski definition) is 1. The lowest BCUT2D eigenvalue weighted by Gasteiger charge is -2.22. The van der Waals surface area contributed by atoms with Crippen molar-refractivity contribution in [1.29, 1.82) is 0 Å². The molecule has 0 spiro atoms. The topological polar surface area (TPSA) is 72.6 Å². The fraction of sp³-hybridized carbons (Fsp3) is 0.538. The molecule has 0 saturated carbocycles. The first-order chi connectivity index (χ1) is 9.20. The monoisotopic (exact) mass is 304 g/mol. The normalized spacial score (nSPS) is 13.8. The van der Waals surface area contributed by atoms with Gasteiger partial charge in [0.2, 0.25) is 10.0 Å². The number of nitrogens with zero attached hydrogens (tertiary/aromatic N) is 1. The predicted octanol–water partition coefficient (Wildman–Crippen LogP) is 1.04. The summed E-state index contributed by atoms with van der Waals surface area (Å²) < 4.78 is 44.4. The molecule has 2 N–H and O–H groups in total. The van der Waals surface area contributed by atoms with E-state index in [1.807, 2.05) is 0 Å². The second-order valence-electron chi connectivity index (χ2n) is 4.87. The summed E-state index contributed by atoms with van der Waals surface area (Å²) in [5.41, 5.74) is 6.54. The van der Waals surface area contributed by atoms with Crippen LogP contribution in [0.5, 0.6) is 0 Å². The maximum Gasteiger partial charge on any atom is 0.243 e. The van der Waals surface area contributed by atoms with E-state index in [1.54, 1.807) is 13.8 Å². The second kappa shape index (κ2) is 6.62. The molecule has 0 aliphatic heterocycles. The minimum absolute atomic E-state index is 0.131. The third-order valence-corrected chi connectivity index (χ3v) is 5.10. The van der Waals surface area contributed by atoms with Gasteiger partial charge in [0.15, 0.2) is 0 Å². The molecule has 0 aliphatic rings. The van der Waals surface area contributed by atoms with Gasteiger partial charge in [0.25, 0.3) is 0 Å². The van der Waals surface area contributed by atoms with Crippen LogP contribution in [-0.4, -0.2) is 46.1 Å². The first kappa shape index (κ1) is 17.0. The van der Waals surface area contributed by atoms with Gasteiger partial charge in [-0.25, -0.2) is 12.8 Å². The van der Waals surface area contributed by atoms with Crippen LogP contribution >= 0.6 is 0 Å². The Kier molecular flexibility index (Phi) is 5.64. The molecule has 0 fully saturated rings. The molecule has 0 aromatic heterocycles. The Balaban J connectivity index is 3.11. The van der Waals surface area contributed by atoms with Gasteiger partial charge in [0.1, 0.15) is 5.82 Å². The molecule has 0 bridgehead atoms. The van der Waals surface area contributed by atoms with Gasteiger partial charge in [-0.2, -0.15) is 4.31 Å². The zero-order chi connectivity index (χ0) is 15.5. The van der Waals surface area contributed by atoms with E-state index >= 15 is 0 Å². The number of hydrogen-bond acceptors (Lipinski definition) is 4. The zero-order valence-electron chi connectivity index (χ0n) is 12.2. The first-order valence-electron chi connectivity index (χ1n) is 6.17. The maximum atomic E-state index is 13.3. The van der Waals surface area contributed by atoms with Crippen LogP contribution in [0.1, 0.15) is 11.1 Å². The summed E-state index contributed by atoms with van der Waals surface area (Å²) in [6.07, 6.45) is 0. The van der Waals surface area contributed by atoms with E-state index in [-0.39, 0.29) is 18.0 Å². The summed E-state index contributed by atoms with van der Waals surface area (Å²) >= 11 is 0. The quantitative estimate of drug-likeness (QED) is 0.852. The van der Waals surface area contributed by atoms with Crippen LogP contribution in [0.4, 0.5) is 4.39 Å². The van der Waals surface area contributed by atoms with Crippen molar-refractivity contribution in [2.24, 2.45) is 5.73 Å². The highest BCUT2D eigenvalue weighted by Gasteiger charge is 2.26. The van der Waals surface area contributed by atoms with Gasteiger partial charge in [-0.1, -0.05) is 0 Å². The van der Waals surface area contributed by atoms with Crippen molar-refractivity contribution in [3.63, 3.8) is 0 Å². The minimum atomic E-state index is -3.70. The Morgan fingerprint density at radius 3 is 2.30 bits per heavy atom. The third kappa shape index (κ3) is 3.76. The molecule has 0 amide bonds. The van der Waals surface area contributed by atoms with Crippen molar-refractivity contribution in [2.45, 2.75) is 24.8 Å². The fourth-order valence-electron chi connectivity index (χ4n) is 2.16. The summed E-state index contributed by atoms with van der Waals surface area (Å²) in [5.74, 6) is -0.447. The van der Waals surface area contributed by atoms with E-state index in [9.17, 15) is 12.8 Å². The highest BCUT2D eigenvalue weighted by Crippen LogP contribution is 2.24. The van der Waals surface area contributed by atoms with E-state index in [0.717, 1.165) is 0 Å². The van der Waals surface area contributed by atoms with E-state index in [1.165, 1.54) is 30.6 Å². The van der Waals surface area contributed by atoms with Gasteiger partial charge in [0.05, 0.1) is 11.5 Å². The van der Waals surface area contributed by atoms with Gasteiger partial charge in [-0.05, 0) is 37.1 Å². The van der Waals surface area contributed by atoms with Gasteiger partial charge in [0, 0.05) is 26.7 Å². The molecule has 0 heterocycles. The lowest BCUT2D eigenvalue weighted by molar-refractivity contribution is 0.173. The van der Waals surface area contributed by atoms with E-state index in [0.29, 0.717) is 11.1 Å². The van der Waals surface area contributed by atoms with Crippen molar-refractivity contribution in [2.75, 3.05) is 27.3 Å². The van der Waals surface area contributed by atoms with Gasteiger partial charge < -0.3 is 10.5 Å². The molecule has 5 nitrogen and oxygen atoms in total. The number of likely N-dealkylation sites (N-methyl/N-ethyl adjacent to an activating group) is 1. The van der Waals surface area contributed by atoms with Crippen molar-refractivity contribution >= 4 is 10.0 Å². The molecule has 114 valence electrons. The Morgan fingerprint density at radius 2 is 1.85 bits per heavy atom. The number of sulfonamides is 1. The SMILES string of the molecule is COCC(N)CN(C)S(=O)(=O)c1c(C)cc(F)cc1C. The molecule has 0 saturated heterocycles. The van der Waals surface area contributed by atoms with Crippen molar-refractivity contribution in [3.8, 4) is 0 Å². The lowest BCUT2D eigenvalue weighted by Crippen LogP contribution is -2.41. The molecular formula is C13H21FN2O3S. The van der Waals surface area contributed by atoms with Crippen LogP contribution in [-0.2, 0) is 14.8 Å². The molecule has 0 radical (unpaired) electrons. The average molecular weight is 304 g/mol. The summed E-state index contributed by atoms with van der Waals surface area (Å²) in [6, 6.07) is 2.01. The summed E-state index contributed by atoms with van der Waals surface area (Å²) in [5, 5.41) is 0. The highest BCUT2D eigenvalue weighted by atomic mass is 32.2. The number of halogens is 1. The number of rotatable bonds is 6. The molecule has 1 unspecified atom stereocenters. The molecule has 1 aromatic carbocycles. The third-order valence-electron chi connectivity index (χ3n) is 2.97.